The molecule has 1 atom stereocenters. The Labute approximate surface area is 127 Å². The van der Waals surface area contributed by atoms with Gasteiger partial charge >= 0.3 is 0 Å². The third-order valence-corrected chi connectivity index (χ3v) is 6.46. The first-order valence-electron chi connectivity index (χ1n) is 6.66. The molecule has 1 aliphatic rings. The van der Waals surface area contributed by atoms with Gasteiger partial charge in [-0.15, -0.1) is 11.3 Å². The fourth-order valence-corrected chi connectivity index (χ4v) is 5.14. The Morgan fingerprint density at radius 3 is 3.10 bits per heavy atom. The number of nitrogens with one attached hydrogen (secondary N) is 1. The van der Waals surface area contributed by atoms with E-state index in [1.54, 1.807) is 11.4 Å². The summed E-state index contributed by atoms with van der Waals surface area (Å²) in [5.74, 6) is 1.42. The number of aromatic nitrogens is 2. The van der Waals surface area contributed by atoms with Crippen LogP contribution in [-0.4, -0.2) is 31.1 Å². The van der Waals surface area contributed by atoms with E-state index >= 15 is 0 Å². The van der Waals surface area contributed by atoms with Crippen LogP contribution in [0.3, 0.4) is 0 Å². The molecule has 0 aliphatic carbocycles. The molecular weight excluding hydrogens is 310 g/mol. The summed E-state index contributed by atoms with van der Waals surface area (Å²) in [4.78, 5) is 4.43. The quantitative estimate of drug-likeness (QED) is 0.925. The molecular formula is C13H17N3O3S2. The monoisotopic (exact) mass is 327 g/mol. The van der Waals surface area contributed by atoms with Crippen molar-refractivity contribution in [1.29, 1.82) is 0 Å². The lowest BCUT2D eigenvalue weighted by atomic mass is 10.1. The molecule has 3 heterocycles. The number of thiophene rings is 1. The molecule has 1 N–H and O–H groups in total. The summed E-state index contributed by atoms with van der Waals surface area (Å²) in [5.41, 5.74) is 0.966. The van der Waals surface area contributed by atoms with Crippen LogP contribution in [-0.2, 0) is 23.0 Å². The molecule has 0 fully saturated rings. The molecule has 3 rings (SSSR count). The van der Waals surface area contributed by atoms with Crippen molar-refractivity contribution in [3.05, 3.63) is 29.2 Å². The highest BCUT2D eigenvalue weighted by molar-refractivity contribution is 7.91. The van der Waals surface area contributed by atoms with E-state index < -0.39 is 10.0 Å². The van der Waals surface area contributed by atoms with E-state index in [0.29, 0.717) is 12.3 Å². The van der Waals surface area contributed by atoms with Crippen molar-refractivity contribution in [2.75, 3.05) is 7.11 Å². The molecule has 2 aromatic heterocycles. The molecule has 0 saturated heterocycles. The Kier molecular flexibility index (Phi) is 3.76. The van der Waals surface area contributed by atoms with Crippen LogP contribution in [0.1, 0.15) is 17.9 Å². The number of imidazole rings is 1. The minimum atomic E-state index is -3.55. The summed E-state index contributed by atoms with van der Waals surface area (Å²) in [7, 11) is -2.07. The average Bonchev–Trinajstić information content (AvgIpc) is 3.02. The lowest BCUT2D eigenvalue weighted by Crippen LogP contribution is -2.40. The molecule has 0 bridgehead atoms. The molecule has 0 radical (unpaired) electrons. The van der Waals surface area contributed by atoms with Gasteiger partial charge in [0.2, 0.25) is 0 Å². The van der Waals surface area contributed by atoms with Gasteiger partial charge in [0, 0.05) is 25.2 Å². The van der Waals surface area contributed by atoms with Gasteiger partial charge in [0.15, 0.2) is 4.21 Å². The van der Waals surface area contributed by atoms with E-state index in [1.807, 2.05) is 17.7 Å². The summed E-state index contributed by atoms with van der Waals surface area (Å²) in [5, 5.41) is 1.71. The lowest BCUT2D eigenvalue weighted by molar-refractivity contribution is 0.402. The van der Waals surface area contributed by atoms with E-state index in [-0.39, 0.29) is 10.3 Å². The van der Waals surface area contributed by atoms with Gasteiger partial charge < -0.3 is 9.30 Å². The minimum Gasteiger partial charge on any atom is -0.494 e. The molecule has 1 aliphatic heterocycles. The van der Waals surface area contributed by atoms with Crippen molar-refractivity contribution >= 4 is 21.4 Å². The Morgan fingerprint density at radius 2 is 2.33 bits per heavy atom. The molecule has 1 unspecified atom stereocenters. The fraction of sp³-hybridized carbons (Fsp3) is 0.462. The number of fused-ring (bicyclic) bond motifs is 1. The zero-order valence-corrected chi connectivity index (χ0v) is 13.5. The zero-order valence-electron chi connectivity index (χ0n) is 11.9. The topological polar surface area (TPSA) is 73.2 Å². The van der Waals surface area contributed by atoms with Crippen LogP contribution in [0.15, 0.2) is 21.9 Å². The fourth-order valence-electron chi connectivity index (χ4n) is 2.59. The third kappa shape index (κ3) is 2.83. The van der Waals surface area contributed by atoms with Crippen molar-refractivity contribution < 1.29 is 13.2 Å². The van der Waals surface area contributed by atoms with Gasteiger partial charge in [0.05, 0.1) is 12.8 Å². The molecule has 8 heteroatoms. The number of ether oxygens (including phenoxy) is 1. The maximum Gasteiger partial charge on any atom is 0.254 e. The largest absolute Gasteiger partial charge is 0.494 e. The molecule has 0 saturated carbocycles. The number of hydrogen-bond acceptors (Lipinski definition) is 5. The zero-order chi connectivity index (χ0) is 15.0. The average molecular weight is 327 g/mol. The number of hydrogen-bond donors (Lipinski definition) is 1. The van der Waals surface area contributed by atoms with Crippen molar-refractivity contribution in [3.8, 4) is 5.75 Å². The standard InChI is InChI=1S/C13H17N3O3S2/c1-9-7-16-8-10(3-4-12(16)14-9)15-21(17,18)13-11(19-2)5-6-20-13/h5-7,10,15H,3-4,8H2,1-2H3. The molecule has 0 aromatic carbocycles. The number of aryl methyl sites for hydroxylation is 2. The van der Waals surface area contributed by atoms with Crippen LogP contribution >= 0.6 is 11.3 Å². The molecule has 114 valence electrons. The van der Waals surface area contributed by atoms with Gasteiger partial charge in [-0.1, -0.05) is 0 Å². The van der Waals surface area contributed by atoms with Crippen LogP contribution in [0, 0.1) is 6.92 Å². The summed E-state index contributed by atoms with van der Waals surface area (Å²) >= 11 is 1.16. The van der Waals surface area contributed by atoms with Crippen molar-refractivity contribution in [3.63, 3.8) is 0 Å². The summed E-state index contributed by atoms with van der Waals surface area (Å²) in [6, 6.07) is 1.54. The van der Waals surface area contributed by atoms with Gasteiger partial charge in [0.1, 0.15) is 11.6 Å². The Morgan fingerprint density at radius 1 is 1.52 bits per heavy atom. The van der Waals surface area contributed by atoms with E-state index in [9.17, 15) is 8.42 Å². The molecule has 21 heavy (non-hydrogen) atoms. The van der Waals surface area contributed by atoms with Crippen LogP contribution in [0.5, 0.6) is 5.75 Å². The van der Waals surface area contributed by atoms with Gasteiger partial charge in [-0.05, 0) is 24.8 Å². The van der Waals surface area contributed by atoms with Crippen molar-refractivity contribution in [1.82, 2.24) is 14.3 Å². The maximum atomic E-state index is 12.5. The van der Waals surface area contributed by atoms with Crippen molar-refractivity contribution in [2.45, 2.75) is 36.6 Å². The lowest BCUT2D eigenvalue weighted by Gasteiger charge is -2.24. The summed E-state index contributed by atoms with van der Waals surface area (Å²) in [6.45, 7) is 2.56. The first kappa shape index (κ1) is 14.6. The number of methoxy groups -OCH3 is 1. The van der Waals surface area contributed by atoms with Gasteiger partial charge in [-0.25, -0.2) is 18.1 Å². The predicted molar refractivity (Wildman–Crippen MR) is 80.3 cm³/mol. The highest BCUT2D eigenvalue weighted by Gasteiger charge is 2.27. The molecule has 0 spiro atoms. The minimum absolute atomic E-state index is 0.122. The van der Waals surface area contributed by atoms with Crippen LogP contribution in [0.4, 0.5) is 0 Å². The van der Waals surface area contributed by atoms with Gasteiger partial charge in [-0.2, -0.15) is 0 Å². The Hall–Kier alpha value is -1.38. The SMILES string of the molecule is COc1ccsc1S(=O)(=O)NC1CCc2nc(C)cn2C1. The highest BCUT2D eigenvalue weighted by atomic mass is 32.2. The smallest absolute Gasteiger partial charge is 0.254 e. The maximum absolute atomic E-state index is 12.5. The molecule has 2 aromatic rings. The van der Waals surface area contributed by atoms with E-state index in [0.717, 1.165) is 35.7 Å². The van der Waals surface area contributed by atoms with E-state index in [1.165, 1.54) is 7.11 Å². The van der Waals surface area contributed by atoms with Gasteiger partial charge in [0.25, 0.3) is 10.0 Å². The van der Waals surface area contributed by atoms with E-state index in [2.05, 4.69) is 9.71 Å². The third-order valence-electron chi connectivity index (χ3n) is 3.49. The summed E-state index contributed by atoms with van der Waals surface area (Å²) < 4.78 is 35.0. The van der Waals surface area contributed by atoms with Crippen LogP contribution in [0.25, 0.3) is 0 Å². The second kappa shape index (κ2) is 5.43. The van der Waals surface area contributed by atoms with Crippen LogP contribution < -0.4 is 9.46 Å². The highest BCUT2D eigenvalue weighted by Crippen LogP contribution is 2.30. The number of rotatable bonds is 4. The predicted octanol–water partition coefficient (Wildman–Crippen LogP) is 1.55. The second-order valence-corrected chi connectivity index (χ2v) is 7.91. The second-order valence-electron chi connectivity index (χ2n) is 5.08. The van der Waals surface area contributed by atoms with Gasteiger partial charge in [-0.3, -0.25) is 0 Å². The summed E-state index contributed by atoms with van der Waals surface area (Å²) in [6.07, 6.45) is 3.49. The first-order valence-corrected chi connectivity index (χ1v) is 9.02. The normalized spacial score (nSPS) is 18.5. The van der Waals surface area contributed by atoms with Crippen molar-refractivity contribution in [2.24, 2.45) is 0 Å². The first-order chi connectivity index (χ1) is 9.99. The van der Waals surface area contributed by atoms with Crippen LogP contribution in [0.2, 0.25) is 0 Å². The Balaban J connectivity index is 1.78. The molecule has 6 nitrogen and oxygen atoms in total. The number of sulfonamides is 1. The van der Waals surface area contributed by atoms with E-state index in [4.69, 9.17) is 4.74 Å². The number of nitrogens with zero attached hydrogens (tertiary/aromatic N) is 2. The Bertz CT molecular complexity index is 749. The molecule has 0 amide bonds.